The molecule has 1 aromatic carbocycles. The number of hydrogen-bond donors (Lipinski definition) is 1. The highest BCUT2D eigenvalue weighted by molar-refractivity contribution is 6.35. The Labute approximate surface area is 134 Å². The zero-order chi connectivity index (χ0) is 15.1. The summed E-state index contributed by atoms with van der Waals surface area (Å²) in [6.07, 6.45) is 2.23. The largest absolute Gasteiger partial charge is 0.316 e. The van der Waals surface area contributed by atoms with Crippen molar-refractivity contribution in [2.75, 3.05) is 13.1 Å². The van der Waals surface area contributed by atoms with Crippen LogP contribution in [0.5, 0.6) is 0 Å². The van der Waals surface area contributed by atoms with Gasteiger partial charge in [0.25, 0.3) is 0 Å². The van der Waals surface area contributed by atoms with Crippen molar-refractivity contribution in [2.45, 2.75) is 40.5 Å². The van der Waals surface area contributed by atoms with Crippen LogP contribution < -0.4 is 5.32 Å². The monoisotopic (exact) mass is 315 g/mol. The molecule has 1 unspecified atom stereocenters. The van der Waals surface area contributed by atoms with Gasteiger partial charge in [0.1, 0.15) is 0 Å². The van der Waals surface area contributed by atoms with Crippen molar-refractivity contribution >= 4 is 23.2 Å². The fraction of sp³-hybridized carbons (Fsp3) is 0.647. The third-order valence-electron chi connectivity index (χ3n) is 3.31. The van der Waals surface area contributed by atoms with Gasteiger partial charge in [0.05, 0.1) is 0 Å². The fourth-order valence-electron chi connectivity index (χ4n) is 2.48. The Bertz CT molecular complexity index is 402. The van der Waals surface area contributed by atoms with Crippen molar-refractivity contribution in [3.05, 3.63) is 33.8 Å². The summed E-state index contributed by atoms with van der Waals surface area (Å²) < 4.78 is 0. The molecule has 0 aliphatic heterocycles. The molecule has 0 saturated heterocycles. The normalized spacial score (nSPS) is 13.2. The summed E-state index contributed by atoms with van der Waals surface area (Å²) >= 11 is 12.2. The van der Waals surface area contributed by atoms with Gasteiger partial charge >= 0.3 is 0 Å². The molecule has 0 fully saturated rings. The number of nitrogens with one attached hydrogen (secondary N) is 1. The SMILES string of the molecule is CC(C)CNCC(Cc1ccc(Cl)cc1Cl)CC(C)C. The molecule has 1 nitrogen and oxygen atoms in total. The minimum Gasteiger partial charge on any atom is -0.316 e. The molecule has 0 bridgehead atoms. The third kappa shape index (κ3) is 6.97. The first-order valence-electron chi connectivity index (χ1n) is 7.53. The van der Waals surface area contributed by atoms with Crippen molar-refractivity contribution in [1.82, 2.24) is 5.32 Å². The number of rotatable bonds is 8. The molecule has 0 saturated carbocycles. The smallest absolute Gasteiger partial charge is 0.0452 e. The Morgan fingerprint density at radius 2 is 1.70 bits per heavy atom. The summed E-state index contributed by atoms with van der Waals surface area (Å²) in [4.78, 5) is 0. The quantitative estimate of drug-likeness (QED) is 0.673. The summed E-state index contributed by atoms with van der Waals surface area (Å²) in [5.41, 5.74) is 1.20. The molecule has 1 aromatic rings. The molecule has 0 aliphatic carbocycles. The Hall–Kier alpha value is -0.240. The minimum absolute atomic E-state index is 0.618. The summed E-state index contributed by atoms with van der Waals surface area (Å²) in [7, 11) is 0. The predicted octanol–water partition coefficient (Wildman–Crippen LogP) is 5.44. The van der Waals surface area contributed by atoms with Crippen LogP contribution in [0.15, 0.2) is 18.2 Å². The van der Waals surface area contributed by atoms with Gasteiger partial charge < -0.3 is 5.32 Å². The van der Waals surface area contributed by atoms with E-state index in [1.54, 1.807) is 0 Å². The van der Waals surface area contributed by atoms with E-state index in [9.17, 15) is 0 Å². The highest BCUT2D eigenvalue weighted by Gasteiger charge is 2.14. The molecule has 20 heavy (non-hydrogen) atoms. The van der Waals surface area contributed by atoms with Crippen LogP contribution in [0.2, 0.25) is 10.0 Å². The standard InChI is InChI=1S/C17H27Cl2N/c1-12(2)7-14(11-20-10-13(3)4)8-15-5-6-16(18)9-17(15)19/h5-6,9,12-14,20H,7-8,10-11H2,1-4H3. The van der Waals surface area contributed by atoms with Crippen molar-refractivity contribution < 1.29 is 0 Å². The molecule has 3 heteroatoms. The molecular weight excluding hydrogens is 289 g/mol. The Kier molecular flexibility index (Phi) is 7.94. The Morgan fingerprint density at radius 3 is 2.25 bits per heavy atom. The average molecular weight is 316 g/mol. The van der Waals surface area contributed by atoms with E-state index in [0.717, 1.165) is 24.5 Å². The van der Waals surface area contributed by atoms with E-state index in [1.165, 1.54) is 12.0 Å². The maximum Gasteiger partial charge on any atom is 0.0452 e. The fourth-order valence-corrected chi connectivity index (χ4v) is 2.97. The van der Waals surface area contributed by atoms with Crippen molar-refractivity contribution in [3.8, 4) is 0 Å². The second-order valence-electron chi connectivity index (χ2n) is 6.49. The van der Waals surface area contributed by atoms with Crippen LogP contribution in [0.4, 0.5) is 0 Å². The highest BCUT2D eigenvalue weighted by atomic mass is 35.5. The molecule has 114 valence electrons. The molecule has 0 spiro atoms. The van der Waals surface area contributed by atoms with Crippen LogP contribution in [0, 0.1) is 17.8 Å². The van der Waals surface area contributed by atoms with E-state index < -0.39 is 0 Å². The molecule has 1 rings (SSSR count). The first-order chi connectivity index (χ1) is 9.38. The zero-order valence-electron chi connectivity index (χ0n) is 13.0. The van der Waals surface area contributed by atoms with Crippen LogP contribution in [-0.4, -0.2) is 13.1 Å². The van der Waals surface area contributed by atoms with E-state index in [1.807, 2.05) is 12.1 Å². The summed E-state index contributed by atoms with van der Waals surface area (Å²) in [5, 5.41) is 5.07. The molecule has 1 atom stereocenters. The third-order valence-corrected chi connectivity index (χ3v) is 3.90. The lowest BCUT2D eigenvalue weighted by molar-refractivity contribution is 0.376. The molecule has 0 aliphatic rings. The van der Waals surface area contributed by atoms with Crippen molar-refractivity contribution in [1.29, 1.82) is 0 Å². The molecule has 0 amide bonds. The van der Waals surface area contributed by atoms with Gasteiger partial charge in [0.15, 0.2) is 0 Å². The Morgan fingerprint density at radius 1 is 1.00 bits per heavy atom. The molecular formula is C17H27Cl2N. The minimum atomic E-state index is 0.618. The van der Waals surface area contributed by atoms with Gasteiger partial charge in [-0.1, -0.05) is 57.0 Å². The van der Waals surface area contributed by atoms with Gasteiger partial charge in [-0.15, -0.1) is 0 Å². The summed E-state index contributed by atoms with van der Waals surface area (Å²) in [6, 6.07) is 5.82. The van der Waals surface area contributed by atoms with Gasteiger partial charge in [-0.05, 0) is 61.4 Å². The number of hydrogen-bond acceptors (Lipinski definition) is 1. The van der Waals surface area contributed by atoms with Gasteiger partial charge in [-0.3, -0.25) is 0 Å². The van der Waals surface area contributed by atoms with E-state index >= 15 is 0 Å². The summed E-state index contributed by atoms with van der Waals surface area (Å²) in [6.45, 7) is 11.1. The van der Waals surface area contributed by atoms with Crippen LogP contribution in [0.3, 0.4) is 0 Å². The van der Waals surface area contributed by atoms with E-state index in [4.69, 9.17) is 23.2 Å². The van der Waals surface area contributed by atoms with E-state index in [-0.39, 0.29) is 0 Å². The number of benzene rings is 1. The molecule has 0 radical (unpaired) electrons. The second kappa shape index (κ2) is 8.92. The highest BCUT2D eigenvalue weighted by Crippen LogP contribution is 2.25. The van der Waals surface area contributed by atoms with E-state index in [0.29, 0.717) is 22.8 Å². The number of halogens is 2. The molecule has 0 heterocycles. The van der Waals surface area contributed by atoms with Gasteiger partial charge in [0.2, 0.25) is 0 Å². The topological polar surface area (TPSA) is 12.0 Å². The maximum atomic E-state index is 6.29. The molecule has 1 N–H and O–H groups in total. The maximum absolute atomic E-state index is 6.29. The Balaban J connectivity index is 2.63. The van der Waals surface area contributed by atoms with Crippen molar-refractivity contribution in [2.24, 2.45) is 17.8 Å². The van der Waals surface area contributed by atoms with Crippen LogP contribution in [-0.2, 0) is 6.42 Å². The van der Waals surface area contributed by atoms with Gasteiger partial charge in [-0.25, -0.2) is 0 Å². The first-order valence-corrected chi connectivity index (χ1v) is 8.28. The lowest BCUT2D eigenvalue weighted by Gasteiger charge is -2.21. The van der Waals surface area contributed by atoms with Crippen LogP contribution >= 0.6 is 23.2 Å². The lowest BCUT2D eigenvalue weighted by Crippen LogP contribution is -2.28. The molecule has 0 aromatic heterocycles. The van der Waals surface area contributed by atoms with Gasteiger partial charge in [-0.2, -0.15) is 0 Å². The average Bonchev–Trinajstić information content (AvgIpc) is 2.31. The van der Waals surface area contributed by atoms with E-state index in [2.05, 4.69) is 39.1 Å². The van der Waals surface area contributed by atoms with Gasteiger partial charge in [0, 0.05) is 10.0 Å². The predicted molar refractivity (Wildman–Crippen MR) is 90.8 cm³/mol. The van der Waals surface area contributed by atoms with Crippen LogP contribution in [0.1, 0.15) is 39.7 Å². The second-order valence-corrected chi connectivity index (χ2v) is 7.33. The first kappa shape index (κ1) is 17.8. The lowest BCUT2D eigenvalue weighted by atomic mass is 9.90. The zero-order valence-corrected chi connectivity index (χ0v) is 14.6. The van der Waals surface area contributed by atoms with Crippen LogP contribution in [0.25, 0.3) is 0 Å². The van der Waals surface area contributed by atoms with Crippen molar-refractivity contribution in [3.63, 3.8) is 0 Å². The summed E-state index contributed by atoms with van der Waals surface area (Å²) in [5.74, 6) is 2.01.